The van der Waals surface area contributed by atoms with E-state index >= 15 is 0 Å². The number of halogens is 1. The molecule has 0 saturated carbocycles. The molecule has 0 aromatic heterocycles. The summed E-state index contributed by atoms with van der Waals surface area (Å²) in [5.41, 5.74) is 1.76. The third kappa shape index (κ3) is 3.97. The van der Waals surface area contributed by atoms with Crippen LogP contribution in [0, 0.1) is 0 Å². The number of carbonyl (C=O) groups excluding carboxylic acids is 1. The first kappa shape index (κ1) is 15.3. The fraction of sp³-hybridized carbons (Fsp3) is 0.562. The second kappa shape index (κ2) is 7.65. The van der Waals surface area contributed by atoms with Crippen LogP contribution in [0.4, 0.5) is 0 Å². The molecule has 0 radical (unpaired) electrons. The molecule has 1 aromatic rings. The third-order valence-electron chi connectivity index (χ3n) is 3.58. The molecule has 1 saturated heterocycles. The molecule has 0 aliphatic carbocycles. The molecule has 0 bridgehead atoms. The molecule has 1 aliphatic rings. The van der Waals surface area contributed by atoms with E-state index in [2.05, 4.69) is 6.92 Å². The van der Waals surface area contributed by atoms with Gasteiger partial charge < -0.3 is 9.64 Å². The number of benzene rings is 1. The molecule has 110 valence electrons. The second-order valence-corrected chi connectivity index (χ2v) is 5.48. The lowest BCUT2D eigenvalue weighted by molar-refractivity contribution is 0.00211. The zero-order valence-corrected chi connectivity index (χ0v) is 12.7. The number of amides is 1. The van der Waals surface area contributed by atoms with Gasteiger partial charge in [0.15, 0.2) is 0 Å². The highest BCUT2D eigenvalue weighted by Crippen LogP contribution is 2.17. The van der Waals surface area contributed by atoms with E-state index in [4.69, 9.17) is 16.3 Å². The summed E-state index contributed by atoms with van der Waals surface area (Å²) in [5, 5.41) is 0. The Morgan fingerprint density at radius 2 is 2.15 bits per heavy atom. The van der Waals surface area contributed by atoms with E-state index in [1.807, 2.05) is 29.2 Å². The minimum absolute atomic E-state index is 0.0934. The van der Waals surface area contributed by atoms with Gasteiger partial charge in [-0.2, -0.15) is 0 Å². The van der Waals surface area contributed by atoms with E-state index in [1.165, 1.54) is 0 Å². The molecule has 0 N–H and O–H groups in total. The van der Waals surface area contributed by atoms with E-state index in [-0.39, 0.29) is 12.0 Å². The van der Waals surface area contributed by atoms with Crippen LogP contribution in [0.15, 0.2) is 24.3 Å². The minimum atomic E-state index is 0.0934. The predicted octanol–water partition coefficient (Wildman–Crippen LogP) is 3.46. The summed E-state index contributed by atoms with van der Waals surface area (Å²) in [6, 6.07) is 7.54. The van der Waals surface area contributed by atoms with Gasteiger partial charge in [0.05, 0.1) is 6.10 Å². The molecule has 1 aromatic carbocycles. The van der Waals surface area contributed by atoms with Crippen molar-refractivity contribution in [2.24, 2.45) is 0 Å². The molecule has 20 heavy (non-hydrogen) atoms. The van der Waals surface area contributed by atoms with Crippen LogP contribution >= 0.6 is 11.6 Å². The van der Waals surface area contributed by atoms with Crippen molar-refractivity contribution >= 4 is 17.5 Å². The monoisotopic (exact) mass is 295 g/mol. The van der Waals surface area contributed by atoms with Crippen molar-refractivity contribution < 1.29 is 9.53 Å². The first-order valence-corrected chi connectivity index (χ1v) is 7.83. The molecular formula is C16H22ClNO2. The normalized spacial score (nSPS) is 19.1. The van der Waals surface area contributed by atoms with Crippen LogP contribution < -0.4 is 0 Å². The molecular weight excluding hydrogens is 274 g/mol. The molecule has 0 spiro atoms. The fourth-order valence-electron chi connectivity index (χ4n) is 2.46. The highest BCUT2D eigenvalue weighted by Gasteiger charge is 2.24. The standard InChI is InChI=1S/C16H22ClNO2/c1-2-10-20-15-4-3-9-18(12-15)16(19)14-7-5-13(11-17)6-8-14/h5-8,15H,2-4,9-12H2,1H3. The van der Waals surface area contributed by atoms with Crippen LogP contribution in [-0.2, 0) is 10.6 Å². The van der Waals surface area contributed by atoms with Crippen molar-refractivity contribution in [2.45, 2.75) is 38.2 Å². The van der Waals surface area contributed by atoms with Gasteiger partial charge >= 0.3 is 0 Å². The molecule has 1 amide bonds. The van der Waals surface area contributed by atoms with Crippen LogP contribution in [0.5, 0.6) is 0 Å². The summed E-state index contributed by atoms with van der Waals surface area (Å²) in [6.07, 6.45) is 3.27. The van der Waals surface area contributed by atoms with Crippen molar-refractivity contribution in [2.75, 3.05) is 19.7 Å². The average molecular weight is 296 g/mol. The zero-order chi connectivity index (χ0) is 14.4. The predicted molar refractivity (Wildman–Crippen MR) is 81.2 cm³/mol. The summed E-state index contributed by atoms with van der Waals surface area (Å²) in [5.74, 6) is 0.571. The molecule has 1 aliphatic heterocycles. The van der Waals surface area contributed by atoms with E-state index in [0.717, 1.165) is 43.5 Å². The number of rotatable bonds is 5. The van der Waals surface area contributed by atoms with Crippen molar-refractivity contribution in [3.8, 4) is 0 Å². The van der Waals surface area contributed by atoms with Gasteiger partial charge in [-0.15, -0.1) is 11.6 Å². The molecule has 1 fully saturated rings. The fourth-order valence-corrected chi connectivity index (χ4v) is 2.64. The van der Waals surface area contributed by atoms with Crippen molar-refractivity contribution in [1.29, 1.82) is 0 Å². The Bertz CT molecular complexity index is 433. The number of ether oxygens (including phenoxy) is 1. The van der Waals surface area contributed by atoms with Gasteiger partial charge in [-0.1, -0.05) is 19.1 Å². The Labute approximate surface area is 125 Å². The molecule has 1 unspecified atom stereocenters. The summed E-state index contributed by atoms with van der Waals surface area (Å²) in [6.45, 7) is 4.40. The first-order chi connectivity index (χ1) is 9.74. The van der Waals surface area contributed by atoms with Gasteiger partial charge in [0.25, 0.3) is 5.91 Å². The Morgan fingerprint density at radius 3 is 2.80 bits per heavy atom. The van der Waals surface area contributed by atoms with E-state index in [9.17, 15) is 4.79 Å². The summed E-state index contributed by atoms with van der Waals surface area (Å²) in [4.78, 5) is 14.4. The Balaban J connectivity index is 1.96. The van der Waals surface area contributed by atoms with Crippen LogP contribution in [0.25, 0.3) is 0 Å². The van der Waals surface area contributed by atoms with Crippen molar-refractivity contribution in [3.63, 3.8) is 0 Å². The van der Waals surface area contributed by atoms with Crippen molar-refractivity contribution in [3.05, 3.63) is 35.4 Å². The van der Waals surface area contributed by atoms with Crippen molar-refractivity contribution in [1.82, 2.24) is 4.90 Å². The number of hydrogen-bond acceptors (Lipinski definition) is 2. The maximum Gasteiger partial charge on any atom is 0.253 e. The van der Waals surface area contributed by atoms with E-state index in [0.29, 0.717) is 12.4 Å². The largest absolute Gasteiger partial charge is 0.376 e. The quantitative estimate of drug-likeness (QED) is 0.779. The number of carbonyl (C=O) groups is 1. The SMILES string of the molecule is CCCOC1CCCN(C(=O)c2ccc(CCl)cc2)C1. The Kier molecular flexibility index (Phi) is 5.86. The summed E-state index contributed by atoms with van der Waals surface area (Å²) in [7, 11) is 0. The lowest BCUT2D eigenvalue weighted by Crippen LogP contribution is -2.43. The molecule has 4 heteroatoms. The summed E-state index contributed by atoms with van der Waals surface area (Å²) >= 11 is 5.76. The molecule has 1 heterocycles. The maximum atomic E-state index is 12.5. The highest BCUT2D eigenvalue weighted by atomic mass is 35.5. The average Bonchev–Trinajstić information content (AvgIpc) is 2.52. The van der Waals surface area contributed by atoms with Gasteiger partial charge in [0.1, 0.15) is 0 Å². The molecule has 2 rings (SSSR count). The van der Waals surface area contributed by atoms with Gasteiger partial charge in [0.2, 0.25) is 0 Å². The van der Waals surface area contributed by atoms with Gasteiger partial charge in [-0.3, -0.25) is 4.79 Å². The first-order valence-electron chi connectivity index (χ1n) is 7.30. The Hall–Kier alpha value is -1.06. The lowest BCUT2D eigenvalue weighted by atomic mass is 10.1. The highest BCUT2D eigenvalue weighted by molar-refractivity contribution is 6.17. The topological polar surface area (TPSA) is 29.5 Å². The van der Waals surface area contributed by atoms with E-state index in [1.54, 1.807) is 0 Å². The Morgan fingerprint density at radius 1 is 1.40 bits per heavy atom. The van der Waals surface area contributed by atoms with Gasteiger partial charge in [0, 0.05) is 31.1 Å². The van der Waals surface area contributed by atoms with Gasteiger partial charge in [-0.05, 0) is 37.0 Å². The number of piperidine rings is 1. The van der Waals surface area contributed by atoms with Crippen LogP contribution in [0.2, 0.25) is 0 Å². The third-order valence-corrected chi connectivity index (χ3v) is 3.89. The number of alkyl halides is 1. The van der Waals surface area contributed by atoms with Crippen LogP contribution in [0.3, 0.4) is 0 Å². The second-order valence-electron chi connectivity index (χ2n) is 5.22. The smallest absolute Gasteiger partial charge is 0.253 e. The number of likely N-dealkylation sites (tertiary alicyclic amines) is 1. The molecule has 3 nitrogen and oxygen atoms in total. The van der Waals surface area contributed by atoms with E-state index < -0.39 is 0 Å². The summed E-state index contributed by atoms with van der Waals surface area (Å²) < 4.78 is 5.77. The van der Waals surface area contributed by atoms with Crippen LogP contribution in [0.1, 0.15) is 42.1 Å². The number of hydrogen-bond donors (Lipinski definition) is 0. The minimum Gasteiger partial charge on any atom is -0.376 e. The molecule has 1 atom stereocenters. The van der Waals surface area contributed by atoms with Crippen LogP contribution in [-0.4, -0.2) is 36.6 Å². The lowest BCUT2D eigenvalue weighted by Gasteiger charge is -2.32. The number of nitrogens with zero attached hydrogens (tertiary/aromatic N) is 1. The van der Waals surface area contributed by atoms with Gasteiger partial charge in [-0.25, -0.2) is 0 Å². The zero-order valence-electron chi connectivity index (χ0n) is 12.0. The maximum absolute atomic E-state index is 12.5.